The standard InChI is InChI=1S/C27H39N3O/c1-20-10-8-12-23(18-20)19-30-25-14-5-4-13-24(25)22(3)26(30)27(31)28-15-9-17-29-16-7-6-11-21(29)2/h8,10,12,18,21H,4-7,9,11,13-17,19H2,1-3H3,(H,28,31)/p+1/t21-/m0/s1. The van der Waals surface area contributed by atoms with E-state index in [1.54, 1.807) is 4.90 Å². The van der Waals surface area contributed by atoms with E-state index >= 15 is 0 Å². The average molecular weight is 423 g/mol. The van der Waals surface area contributed by atoms with E-state index in [0.29, 0.717) is 0 Å². The number of aromatic nitrogens is 1. The van der Waals surface area contributed by atoms with Crippen LogP contribution in [0.1, 0.15) is 83.9 Å². The molecule has 1 unspecified atom stereocenters. The maximum absolute atomic E-state index is 13.3. The van der Waals surface area contributed by atoms with E-state index in [-0.39, 0.29) is 5.91 Å². The van der Waals surface area contributed by atoms with Crippen LogP contribution in [-0.2, 0) is 19.4 Å². The highest BCUT2D eigenvalue weighted by atomic mass is 16.1. The van der Waals surface area contributed by atoms with Crippen molar-refractivity contribution in [2.24, 2.45) is 0 Å². The first-order valence-corrected chi connectivity index (χ1v) is 12.4. The number of benzene rings is 1. The van der Waals surface area contributed by atoms with E-state index in [2.05, 4.69) is 54.9 Å². The Morgan fingerprint density at radius 2 is 2.00 bits per heavy atom. The summed E-state index contributed by atoms with van der Waals surface area (Å²) in [6.45, 7) is 10.7. The van der Waals surface area contributed by atoms with Crippen molar-refractivity contribution in [2.75, 3.05) is 19.6 Å². The normalized spacial score (nSPS) is 21.0. The summed E-state index contributed by atoms with van der Waals surface area (Å²) in [7, 11) is 0. The fourth-order valence-electron chi connectivity index (χ4n) is 5.76. The minimum atomic E-state index is 0.112. The first kappa shape index (κ1) is 22.1. The van der Waals surface area contributed by atoms with Gasteiger partial charge in [-0.2, -0.15) is 0 Å². The van der Waals surface area contributed by atoms with Crippen molar-refractivity contribution >= 4 is 5.91 Å². The van der Waals surface area contributed by atoms with Crippen LogP contribution in [0.4, 0.5) is 0 Å². The van der Waals surface area contributed by atoms with Crippen molar-refractivity contribution in [1.82, 2.24) is 9.88 Å². The lowest BCUT2D eigenvalue weighted by Crippen LogP contribution is -3.16. The SMILES string of the molecule is Cc1cccc(Cn2c3c(c(C)c2C(=O)NCCC[NH+]2CCCC[C@@H]2C)CCCC3)c1. The van der Waals surface area contributed by atoms with Crippen LogP contribution in [0.15, 0.2) is 24.3 Å². The van der Waals surface area contributed by atoms with Crippen LogP contribution in [-0.4, -0.2) is 36.2 Å². The average Bonchev–Trinajstić information content (AvgIpc) is 3.04. The second kappa shape index (κ2) is 10.0. The molecule has 4 nitrogen and oxygen atoms in total. The lowest BCUT2D eigenvalue weighted by Gasteiger charge is -2.30. The number of carbonyl (C=O) groups is 1. The Bertz CT molecular complexity index is 913. The number of nitrogens with zero attached hydrogens (tertiary/aromatic N) is 1. The maximum atomic E-state index is 13.3. The van der Waals surface area contributed by atoms with Gasteiger partial charge in [0.25, 0.3) is 5.91 Å². The summed E-state index contributed by atoms with van der Waals surface area (Å²) in [6, 6.07) is 9.46. The first-order valence-electron chi connectivity index (χ1n) is 12.4. The van der Waals surface area contributed by atoms with Crippen molar-refractivity contribution in [3.05, 3.63) is 57.9 Å². The number of carbonyl (C=O) groups excluding carboxylic acids is 1. The number of aryl methyl sites for hydroxylation is 1. The molecule has 0 spiro atoms. The highest BCUT2D eigenvalue weighted by molar-refractivity contribution is 5.95. The number of hydrogen-bond donors (Lipinski definition) is 2. The largest absolute Gasteiger partial charge is 0.351 e. The van der Waals surface area contributed by atoms with E-state index in [4.69, 9.17) is 0 Å². The van der Waals surface area contributed by atoms with E-state index < -0.39 is 0 Å². The van der Waals surface area contributed by atoms with E-state index in [9.17, 15) is 4.79 Å². The highest BCUT2D eigenvalue weighted by Gasteiger charge is 2.26. The zero-order chi connectivity index (χ0) is 21.8. The van der Waals surface area contributed by atoms with Gasteiger partial charge in [-0.15, -0.1) is 0 Å². The van der Waals surface area contributed by atoms with Gasteiger partial charge in [-0.25, -0.2) is 0 Å². The fraction of sp³-hybridized carbons (Fsp3) is 0.593. The van der Waals surface area contributed by atoms with Gasteiger partial charge in [0.1, 0.15) is 5.69 Å². The van der Waals surface area contributed by atoms with E-state index in [1.165, 1.54) is 73.1 Å². The Labute approximate surface area is 188 Å². The maximum Gasteiger partial charge on any atom is 0.268 e. The van der Waals surface area contributed by atoms with Gasteiger partial charge >= 0.3 is 0 Å². The van der Waals surface area contributed by atoms with Crippen LogP contribution in [0.25, 0.3) is 0 Å². The van der Waals surface area contributed by atoms with Gasteiger partial charge in [0.15, 0.2) is 0 Å². The number of piperidine rings is 1. The molecule has 168 valence electrons. The summed E-state index contributed by atoms with van der Waals surface area (Å²) in [5.74, 6) is 0.112. The van der Waals surface area contributed by atoms with Gasteiger partial charge in [-0.3, -0.25) is 4.79 Å². The number of likely N-dealkylation sites (tertiary alicyclic amines) is 1. The van der Waals surface area contributed by atoms with Crippen molar-refractivity contribution < 1.29 is 9.69 Å². The summed E-state index contributed by atoms with van der Waals surface area (Å²) < 4.78 is 2.33. The molecule has 1 aromatic carbocycles. The summed E-state index contributed by atoms with van der Waals surface area (Å²) in [4.78, 5) is 15.1. The first-order chi connectivity index (χ1) is 15.0. The molecule has 1 aromatic heterocycles. The molecule has 0 radical (unpaired) electrons. The Morgan fingerprint density at radius 1 is 1.16 bits per heavy atom. The Kier molecular flexibility index (Phi) is 7.16. The third-order valence-electron chi connectivity index (χ3n) is 7.52. The molecular weight excluding hydrogens is 382 g/mol. The monoisotopic (exact) mass is 422 g/mol. The quantitative estimate of drug-likeness (QED) is 0.658. The number of fused-ring (bicyclic) bond motifs is 1. The molecule has 2 heterocycles. The van der Waals surface area contributed by atoms with Gasteiger partial charge in [-0.1, -0.05) is 29.8 Å². The molecule has 4 rings (SSSR count). The summed E-state index contributed by atoms with van der Waals surface area (Å²) >= 11 is 0. The Morgan fingerprint density at radius 3 is 2.81 bits per heavy atom. The number of hydrogen-bond acceptors (Lipinski definition) is 1. The molecule has 2 aliphatic rings. The third kappa shape index (κ3) is 5.06. The van der Waals surface area contributed by atoms with Crippen LogP contribution in [0.2, 0.25) is 0 Å². The molecule has 2 aromatic rings. The number of quaternary nitrogens is 1. The number of amides is 1. The molecule has 2 N–H and O–H groups in total. The molecule has 0 saturated carbocycles. The molecule has 2 atom stereocenters. The second-order valence-corrected chi connectivity index (χ2v) is 9.85. The van der Waals surface area contributed by atoms with Gasteiger partial charge in [-0.05, 0) is 82.4 Å². The molecule has 1 aliphatic carbocycles. The van der Waals surface area contributed by atoms with Crippen LogP contribution in [0.3, 0.4) is 0 Å². The lowest BCUT2D eigenvalue weighted by molar-refractivity contribution is -0.928. The number of nitrogens with one attached hydrogen (secondary N) is 2. The fourth-order valence-corrected chi connectivity index (χ4v) is 5.76. The zero-order valence-electron chi connectivity index (χ0n) is 19.7. The summed E-state index contributed by atoms with van der Waals surface area (Å²) in [5, 5.41) is 3.27. The van der Waals surface area contributed by atoms with E-state index in [1.807, 2.05) is 0 Å². The molecule has 1 saturated heterocycles. The topological polar surface area (TPSA) is 38.5 Å². The molecule has 1 fully saturated rings. The van der Waals surface area contributed by atoms with Gasteiger partial charge in [0.2, 0.25) is 0 Å². The van der Waals surface area contributed by atoms with Crippen LogP contribution in [0, 0.1) is 13.8 Å². The Balaban J connectivity index is 1.47. The van der Waals surface area contributed by atoms with Crippen molar-refractivity contribution in [3.8, 4) is 0 Å². The van der Waals surface area contributed by atoms with Crippen LogP contribution in [0.5, 0.6) is 0 Å². The number of rotatable bonds is 7. The predicted molar refractivity (Wildman–Crippen MR) is 127 cm³/mol. The third-order valence-corrected chi connectivity index (χ3v) is 7.52. The smallest absolute Gasteiger partial charge is 0.268 e. The minimum absolute atomic E-state index is 0.112. The molecule has 1 amide bonds. The van der Waals surface area contributed by atoms with Crippen LogP contribution >= 0.6 is 0 Å². The predicted octanol–water partition coefficient (Wildman–Crippen LogP) is 3.61. The molecule has 4 heteroatoms. The van der Waals surface area contributed by atoms with Gasteiger partial charge in [0, 0.05) is 25.2 Å². The Hall–Kier alpha value is -2.07. The summed E-state index contributed by atoms with van der Waals surface area (Å²) in [5.41, 5.74) is 7.47. The minimum Gasteiger partial charge on any atom is -0.351 e. The molecule has 0 bridgehead atoms. The molecular formula is C27H40N3O+. The zero-order valence-corrected chi connectivity index (χ0v) is 19.7. The molecule has 31 heavy (non-hydrogen) atoms. The highest BCUT2D eigenvalue weighted by Crippen LogP contribution is 2.30. The van der Waals surface area contributed by atoms with Gasteiger partial charge in [0.05, 0.1) is 19.1 Å². The van der Waals surface area contributed by atoms with E-state index in [0.717, 1.165) is 44.1 Å². The van der Waals surface area contributed by atoms with Gasteiger partial charge < -0.3 is 14.8 Å². The van der Waals surface area contributed by atoms with Crippen LogP contribution < -0.4 is 10.2 Å². The van der Waals surface area contributed by atoms with Crippen molar-refractivity contribution in [1.29, 1.82) is 0 Å². The van der Waals surface area contributed by atoms with Crippen molar-refractivity contribution in [3.63, 3.8) is 0 Å². The molecule has 1 aliphatic heterocycles. The van der Waals surface area contributed by atoms with Crippen molar-refractivity contribution in [2.45, 2.75) is 84.7 Å². The summed E-state index contributed by atoms with van der Waals surface area (Å²) in [6.07, 6.45) is 9.79. The lowest BCUT2D eigenvalue weighted by atomic mass is 9.95. The second-order valence-electron chi connectivity index (χ2n) is 9.85.